The van der Waals surface area contributed by atoms with Crippen molar-refractivity contribution < 1.29 is 14.4 Å². The summed E-state index contributed by atoms with van der Waals surface area (Å²) in [4.78, 5) is 40.1. The van der Waals surface area contributed by atoms with Gasteiger partial charge in [-0.25, -0.2) is 0 Å². The fourth-order valence-corrected chi connectivity index (χ4v) is 4.96. The Morgan fingerprint density at radius 1 is 0.857 bits per heavy atom. The Morgan fingerprint density at radius 3 is 2.26 bits per heavy atom. The van der Waals surface area contributed by atoms with Crippen molar-refractivity contribution in [3.8, 4) is 0 Å². The molecule has 2 fully saturated rings. The maximum atomic E-state index is 12.8. The molecule has 1 saturated carbocycles. The van der Waals surface area contributed by atoms with E-state index in [-0.39, 0.29) is 36.2 Å². The van der Waals surface area contributed by atoms with Crippen molar-refractivity contribution in [2.45, 2.75) is 51.0 Å². The topological polar surface area (TPSA) is 90.5 Å². The Labute approximate surface area is 211 Å². The van der Waals surface area contributed by atoms with Crippen LogP contribution in [-0.4, -0.2) is 48.3 Å². The second kappa shape index (κ2) is 12.2. The molecule has 7 nitrogen and oxygen atoms in total. The zero-order chi connectivity index (χ0) is 24.6. The molecule has 2 aromatic rings. The fourth-order valence-electron chi connectivity index (χ4n) is 4.83. The molecule has 1 aliphatic carbocycles. The number of carbonyl (C=O) groups excluding carboxylic acids is 3. The Morgan fingerprint density at radius 2 is 1.54 bits per heavy atom. The molecule has 8 heteroatoms. The summed E-state index contributed by atoms with van der Waals surface area (Å²) in [5.41, 5.74) is 1.48. The quantitative estimate of drug-likeness (QED) is 0.518. The molecule has 4 rings (SSSR count). The van der Waals surface area contributed by atoms with Crippen LogP contribution in [0.5, 0.6) is 0 Å². The van der Waals surface area contributed by atoms with Crippen molar-refractivity contribution in [2.24, 2.45) is 5.92 Å². The van der Waals surface area contributed by atoms with Crippen LogP contribution < -0.4 is 16.0 Å². The Balaban J connectivity index is 1.25. The number of piperidine rings is 1. The normalized spacial score (nSPS) is 17.5. The minimum atomic E-state index is -0.308. The summed E-state index contributed by atoms with van der Waals surface area (Å²) in [6.07, 6.45) is 7.22. The van der Waals surface area contributed by atoms with Gasteiger partial charge in [-0.1, -0.05) is 43.0 Å². The van der Waals surface area contributed by atoms with Gasteiger partial charge in [-0.3, -0.25) is 19.3 Å². The molecule has 0 atom stereocenters. The van der Waals surface area contributed by atoms with Gasteiger partial charge in [0, 0.05) is 35.8 Å². The number of likely N-dealkylation sites (tertiary alicyclic amines) is 1. The van der Waals surface area contributed by atoms with E-state index >= 15 is 0 Å². The lowest BCUT2D eigenvalue weighted by molar-refractivity contribution is -0.127. The van der Waals surface area contributed by atoms with E-state index in [2.05, 4.69) is 20.9 Å². The third kappa shape index (κ3) is 7.29. The number of anilines is 2. The van der Waals surface area contributed by atoms with E-state index in [1.165, 1.54) is 6.42 Å². The van der Waals surface area contributed by atoms with Crippen LogP contribution >= 0.6 is 11.6 Å². The molecule has 3 N–H and O–H groups in total. The van der Waals surface area contributed by atoms with Crippen molar-refractivity contribution in [1.82, 2.24) is 10.2 Å². The van der Waals surface area contributed by atoms with Gasteiger partial charge < -0.3 is 16.0 Å². The van der Waals surface area contributed by atoms with Crippen LogP contribution in [0.1, 0.15) is 55.3 Å². The summed E-state index contributed by atoms with van der Waals surface area (Å²) in [7, 11) is 0. The largest absolute Gasteiger partial charge is 0.353 e. The number of hydrogen-bond acceptors (Lipinski definition) is 4. The second-order valence-electron chi connectivity index (χ2n) is 9.45. The molecule has 2 aliphatic rings. The van der Waals surface area contributed by atoms with E-state index in [0.29, 0.717) is 22.0 Å². The highest BCUT2D eigenvalue weighted by Gasteiger charge is 2.26. The first-order valence-electron chi connectivity index (χ1n) is 12.5. The van der Waals surface area contributed by atoms with E-state index in [0.717, 1.165) is 51.6 Å². The van der Waals surface area contributed by atoms with Gasteiger partial charge in [0.15, 0.2) is 0 Å². The predicted molar refractivity (Wildman–Crippen MR) is 139 cm³/mol. The molecule has 0 spiro atoms. The average molecular weight is 497 g/mol. The van der Waals surface area contributed by atoms with E-state index in [1.807, 2.05) is 0 Å². The highest BCUT2D eigenvalue weighted by molar-refractivity contribution is 6.30. The monoisotopic (exact) mass is 496 g/mol. The fraction of sp³-hybridized carbons (Fsp3) is 0.444. The molecule has 2 aromatic carbocycles. The summed E-state index contributed by atoms with van der Waals surface area (Å²) in [5, 5.41) is 9.53. The van der Waals surface area contributed by atoms with Crippen molar-refractivity contribution in [1.29, 1.82) is 0 Å². The molecule has 0 aromatic heterocycles. The van der Waals surface area contributed by atoms with Gasteiger partial charge in [-0.15, -0.1) is 0 Å². The summed E-state index contributed by atoms with van der Waals surface area (Å²) >= 11 is 5.91. The maximum absolute atomic E-state index is 12.8. The third-order valence-electron chi connectivity index (χ3n) is 6.83. The van der Waals surface area contributed by atoms with E-state index in [9.17, 15) is 14.4 Å². The molecule has 3 amide bonds. The van der Waals surface area contributed by atoms with Gasteiger partial charge in [0.1, 0.15) is 0 Å². The first kappa shape index (κ1) is 25.2. The Kier molecular flexibility index (Phi) is 8.77. The molecule has 35 heavy (non-hydrogen) atoms. The molecule has 1 saturated heterocycles. The minimum absolute atomic E-state index is 0.165. The second-order valence-corrected chi connectivity index (χ2v) is 9.89. The molecule has 0 radical (unpaired) electrons. The number of hydrogen-bond donors (Lipinski definition) is 3. The Hall–Kier alpha value is -2.90. The van der Waals surface area contributed by atoms with Gasteiger partial charge in [-0.2, -0.15) is 0 Å². The van der Waals surface area contributed by atoms with E-state index < -0.39 is 0 Å². The molecule has 186 valence electrons. The van der Waals surface area contributed by atoms with Gasteiger partial charge in [0.2, 0.25) is 11.8 Å². The number of halogens is 1. The van der Waals surface area contributed by atoms with Gasteiger partial charge in [0.05, 0.1) is 17.8 Å². The van der Waals surface area contributed by atoms with Crippen molar-refractivity contribution in [2.75, 3.05) is 30.3 Å². The first-order valence-corrected chi connectivity index (χ1v) is 12.8. The SMILES string of the molecule is O=C(CN1CCC(NC(=O)C2CCCCC2)CC1)Nc1ccccc1C(=O)Nc1ccc(Cl)cc1. The number of amides is 3. The predicted octanol–water partition coefficient (Wildman–Crippen LogP) is 4.69. The number of benzene rings is 2. The number of carbonyl (C=O) groups is 3. The standard InChI is InChI=1S/C27H33ClN4O3/c28-20-10-12-21(13-11-20)30-27(35)23-8-4-5-9-24(23)31-25(33)18-32-16-14-22(15-17-32)29-26(34)19-6-2-1-3-7-19/h4-5,8-13,19,22H,1-3,6-7,14-18H2,(H,29,34)(H,30,35)(H,31,33). The first-order chi connectivity index (χ1) is 17.0. The lowest BCUT2D eigenvalue weighted by Gasteiger charge is -2.33. The lowest BCUT2D eigenvalue weighted by atomic mass is 9.88. The highest BCUT2D eigenvalue weighted by atomic mass is 35.5. The number of para-hydroxylation sites is 1. The van der Waals surface area contributed by atoms with E-state index in [1.54, 1.807) is 48.5 Å². The van der Waals surface area contributed by atoms with Crippen molar-refractivity contribution in [3.63, 3.8) is 0 Å². The molecule has 0 unspecified atom stereocenters. The summed E-state index contributed by atoms with van der Waals surface area (Å²) in [5.74, 6) is -0.0990. The summed E-state index contributed by atoms with van der Waals surface area (Å²) < 4.78 is 0. The smallest absolute Gasteiger partial charge is 0.257 e. The molecule has 0 bridgehead atoms. The van der Waals surface area contributed by atoms with Crippen LogP contribution in [0.2, 0.25) is 5.02 Å². The van der Waals surface area contributed by atoms with Crippen LogP contribution in [0, 0.1) is 5.92 Å². The highest BCUT2D eigenvalue weighted by Crippen LogP contribution is 2.24. The minimum Gasteiger partial charge on any atom is -0.353 e. The van der Waals surface area contributed by atoms with Crippen LogP contribution in [-0.2, 0) is 9.59 Å². The number of rotatable bonds is 7. The summed E-state index contributed by atoms with van der Waals surface area (Å²) in [6, 6.07) is 14.0. The lowest BCUT2D eigenvalue weighted by Crippen LogP contribution is -2.48. The molecular formula is C27H33ClN4O3. The number of nitrogens with zero attached hydrogens (tertiary/aromatic N) is 1. The zero-order valence-corrected chi connectivity index (χ0v) is 20.7. The van der Waals surface area contributed by atoms with E-state index in [4.69, 9.17) is 11.6 Å². The molecule has 1 aliphatic heterocycles. The van der Waals surface area contributed by atoms with Gasteiger partial charge in [0.25, 0.3) is 5.91 Å². The Bertz CT molecular complexity index is 1030. The summed E-state index contributed by atoms with van der Waals surface area (Å²) in [6.45, 7) is 1.75. The van der Waals surface area contributed by atoms with Crippen LogP contribution in [0.25, 0.3) is 0 Å². The zero-order valence-electron chi connectivity index (χ0n) is 19.9. The molecule has 1 heterocycles. The van der Waals surface area contributed by atoms with Crippen LogP contribution in [0.3, 0.4) is 0 Å². The average Bonchev–Trinajstić information content (AvgIpc) is 2.87. The van der Waals surface area contributed by atoms with Crippen molar-refractivity contribution >= 4 is 40.7 Å². The molecular weight excluding hydrogens is 464 g/mol. The number of nitrogens with one attached hydrogen (secondary N) is 3. The van der Waals surface area contributed by atoms with Crippen LogP contribution in [0.4, 0.5) is 11.4 Å². The van der Waals surface area contributed by atoms with Crippen molar-refractivity contribution in [3.05, 3.63) is 59.1 Å². The maximum Gasteiger partial charge on any atom is 0.257 e. The van der Waals surface area contributed by atoms with Gasteiger partial charge in [-0.05, 0) is 62.1 Å². The third-order valence-corrected chi connectivity index (χ3v) is 7.08. The van der Waals surface area contributed by atoms with Crippen LogP contribution in [0.15, 0.2) is 48.5 Å². The van der Waals surface area contributed by atoms with Gasteiger partial charge >= 0.3 is 0 Å².